The zero-order chi connectivity index (χ0) is 12.6. The van der Waals surface area contributed by atoms with Crippen LogP contribution in [0.25, 0.3) is 0 Å². The second-order valence-corrected chi connectivity index (χ2v) is 4.25. The third-order valence-electron chi connectivity index (χ3n) is 2.98. The van der Waals surface area contributed by atoms with Crippen LogP contribution < -0.4 is 5.73 Å². The summed E-state index contributed by atoms with van der Waals surface area (Å²) in [5.41, 5.74) is 6.50. The lowest BCUT2D eigenvalue weighted by molar-refractivity contribution is -0.0564. The standard InChI is InChI=1S/C11H17N3O3/c1-6-4-14(7(2)13-11(6)12)10-3-8(16)9(5-15)17-10/h4,8-10,15-16H,2-3,5H2,1H3,(H2,12,13). The number of aliphatic imine (C=N–C) groups is 1. The van der Waals surface area contributed by atoms with Crippen LogP contribution in [0.5, 0.6) is 0 Å². The van der Waals surface area contributed by atoms with Crippen molar-refractivity contribution >= 4 is 5.84 Å². The highest BCUT2D eigenvalue weighted by Gasteiger charge is 2.37. The highest BCUT2D eigenvalue weighted by atomic mass is 16.5. The number of hydrogen-bond acceptors (Lipinski definition) is 6. The fourth-order valence-corrected chi connectivity index (χ4v) is 1.93. The van der Waals surface area contributed by atoms with Crippen molar-refractivity contribution in [1.82, 2.24) is 4.90 Å². The van der Waals surface area contributed by atoms with Crippen LogP contribution in [0.15, 0.2) is 29.2 Å². The van der Waals surface area contributed by atoms with E-state index in [0.717, 1.165) is 5.57 Å². The molecule has 17 heavy (non-hydrogen) atoms. The molecule has 1 fully saturated rings. The average Bonchev–Trinajstić information content (AvgIpc) is 2.65. The summed E-state index contributed by atoms with van der Waals surface area (Å²) in [4.78, 5) is 5.83. The predicted molar refractivity (Wildman–Crippen MR) is 62.7 cm³/mol. The van der Waals surface area contributed by atoms with E-state index in [1.807, 2.05) is 6.92 Å². The molecule has 0 aromatic carbocycles. The first-order valence-electron chi connectivity index (χ1n) is 5.47. The van der Waals surface area contributed by atoms with Crippen LogP contribution in [0.3, 0.4) is 0 Å². The number of ether oxygens (including phenoxy) is 1. The van der Waals surface area contributed by atoms with Gasteiger partial charge < -0.3 is 25.6 Å². The molecule has 2 rings (SSSR count). The van der Waals surface area contributed by atoms with Gasteiger partial charge in [-0.2, -0.15) is 0 Å². The molecule has 0 amide bonds. The molecular formula is C11H17N3O3. The van der Waals surface area contributed by atoms with Crippen LogP contribution in [-0.4, -0.2) is 46.0 Å². The van der Waals surface area contributed by atoms with Crippen molar-refractivity contribution in [2.45, 2.75) is 31.8 Å². The summed E-state index contributed by atoms with van der Waals surface area (Å²) in [6.45, 7) is 5.43. The molecule has 0 aliphatic carbocycles. The Morgan fingerprint density at radius 2 is 2.41 bits per heavy atom. The smallest absolute Gasteiger partial charge is 0.138 e. The molecule has 0 aromatic heterocycles. The Morgan fingerprint density at radius 1 is 1.71 bits per heavy atom. The minimum absolute atomic E-state index is 0.202. The van der Waals surface area contributed by atoms with Crippen molar-refractivity contribution in [3.05, 3.63) is 24.2 Å². The summed E-state index contributed by atoms with van der Waals surface area (Å²) in [7, 11) is 0. The summed E-state index contributed by atoms with van der Waals surface area (Å²) in [6.07, 6.45) is 0.617. The molecule has 2 heterocycles. The summed E-state index contributed by atoms with van der Waals surface area (Å²) < 4.78 is 5.53. The number of rotatable bonds is 2. The van der Waals surface area contributed by atoms with E-state index in [1.165, 1.54) is 0 Å². The summed E-state index contributed by atoms with van der Waals surface area (Å²) >= 11 is 0. The van der Waals surface area contributed by atoms with E-state index in [1.54, 1.807) is 11.1 Å². The van der Waals surface area contributed by atoms with Crippen molar-refractivity contribution in [2.75, 3.05) is 6.61 Å². The van der Waals surface area contributed by atoms with Crippen LogP contribution in [0.1, 0.15) is 13.3 Å². The largest absolute Gasteiger partial charge is 0.394 e. The maximum absolute atomic E-state index is 9.67. The highest BCUT2D eigenvalue weighted by molar-refractivity contribution is 5.97. The lowest BCUT2D eigenvalue weighted by atomic mass is 10.2. The Bertz CT molecular complexity index is 391. The molecule has 3 unspecified atom stereocenters. The zero-order valence-corrected chi connectivity index (χ0v) is 9.71. The van der Waals surface area contributed by atoms with Crippen molar-refractivity contribution in [1.29, 1.82) is 0 Å². The quantitative estimate of drug-likeness (QED) is 0.604. The molecule has 3 atom stereocenters. The minimum atomic E-state index is -0.672. The van der Waals surface area contributed by atoms with E-state index < -0.39 is 12.2 Å². The number of amidine groups is 1. The zero-order valence-electron chi connectivity index (χ0n) is 9.71. The van der Waals surface area contributed by atoms with Gasteiger partial charge in [0, 0.05) is 18.2 Å². The Hall–Kier alpha value is -1.37. The molecule has 6 nitrogen and oxygen atoms in total. The van der Waals surface area contributed by atoms with E-state index in [-0.39, 0.29) is 12.8 Å². The van der Waals surface area contributed by atoms with Crippen molar-refractivity contribution in [2.24, 2.45) is 10.7 Å². The van der Waals surface area contributed by atoms with E-state index in [9.17, 15) is 5.11 Å². The Kier molecular flexibility index (Phi) is 3.19. The van der Waals surface area contributed by atoms with Gasteiger partial charge in [0.1, 0.15) is 24.0 Å². The number of aliphatic hydroxyl groups excluding tert-OH is 2. The Labute approximate surface area is 99.7 Å². The second kappa shape index (κ2) is 4.48. The number of hydrogen-bond donors (Lipinski definition) is 3. The number of nitrogens with two attached hydrogens (primary N) is 1. The predicted octanol–water partition coefficient (Wildman–Crippen LogP) is -0.498. The molecule has 1 saturated heterocycles. The van der Waals surface area contributed by atoms with Crippen molar-refractivity contribution in [3.8, 4) is 0 Å². The molecular weight excluding hydrogens is 222 g/mol. The van der Waals surface area contributed by atoms with Gasteiger partial charge in [0.2, 0.25) is 0 Å². The molecule has 0 spiro atoms. The molecule has 0 saturated carbocycles. The topological polar surface area (TPSA) is 91.3 Å². The molecule has 0 aromatic rings. The third-order valence-corrected chi connectivity index (χ3v) is 2.98. The molecule has 2 aliphatic rings. The second-order valence-electron chi connectivity index (χ2n) is 4.25. The molecule has 4 N–H and O–H groups in total. The monoisotopic (exact) mass is 239 g/mol. The SMILES string of the molecule is C=C1N=C(N)C(C)=CN1C1CC(O)C(CO)O1. The fraction of sp³-hybridized carbons (Fsp3) is 0.545. The van der Waals surface area contributed by atoms with Gasteiger partial charge in [0.25, 0.3) is 0 Å². The van der Waals surface area contributed by atoms with Crippen LogP contribution in [0.4, 0.5) is 0 Å². The minimum Gasteiger partial charge on any atom is -0.394 e. The van der Waals surface area contributed by atoms with Gasteiger partial charge in [0.05, 0.1) is 12.7 Å². The van der Waals surface area contributed by atoms with E-state index in [2.05, 4.69) is 11.6 Å². The Morgan fingerprint density at radius 3 is 3.00 bits per heavy atom. The van der Waals surface area contributed by atoms with Crippen LogP contribution in [0.2, 0.25) is 0 Å². The van der Waals surface area contributed by atoms with Crippen LogP contribution in [0, 0.1) is 0 Å². The van der Waals surface area contributed by atoms with Gasteiger partial charge in [-0.05, 0) is 6.92 Å². The summed E-state index contributed by atoms with van der Waals surface area (Å²) in [5, 5.41) is 18.7. The Balaban J connectivity index is 2.13. The first-order valence-corrected chi connectivity index (χ1v) is 5.47. The normalized spacial score (nSPS) is 33.7. The van der Waals surface area contributed by atoms with Gasteiger partial charge >= 0.3 is 0 Å². The van der Waals surface area contributed by atoms with Crippen LogP contribution in [-0.2, 0) is 4.74 Å². The van der Waals surface area contributed by atoms with Crippen LogP contribution >= 0.6 is 0 Å². The first kappa shape index (κ1) is 12.1. The molecule has 0 bridgehead atoms. The van der Waals surface area contributed by atoms with Gasteiger partial charge in [-0.3, -0.25) is 0 Å². The molecule has 2 aliphatic heterocycles. The fourth-order valence-electron chi connectivity index (χ4n) is 1.93. The lowest BCUT2D eigenvalue weighted by Gasteiger charge is -2.30. The van der Waals surface area contributed by atoms with Gasteiger partial charge in [-0.25, -0.2) is 4.99 Å². The molecule has 0 radical (unpaired) electrons. The maximum atomic E-state index is 9.67. The molecule has 6 heteroatoms. The van der Waals surface area contributed by atoms with E-state index in [0.29, 0.717) is 18.1 Å². The number of aliphatic hydroxyl groups is 2. The lowest BCUT2D eigenvalue weighted by Crippen LogP contribution is -2.34. The first-order chi connectivity index (χ1) is 8.02. The summed E-state index contributed by atoms with van der Waals surface area (Å²) in [6, 6.07) is 0. The van der Waals surface area contributed by atoms with Crippen molar-refractivity contribution in [3.63, 3.8) is 0 Å². The van der Waals surface area contributed by atoms with E-state index in [4.69, 9.17) is 15.6 Å². The third kappa shape index (κ3) is 2.19. The van der Waals surface area contributed by atoms with E-state index >= 15 is 0 Å². The van der Waals surface area contributed by atoms with Gasteiger partial charge in [0.15, 0.2) is 0 Å². The van der Waals surface area contributed by atoms with Crippen molar-refractivity contribution < 1.29 is 14.9 Å². The average molecular weight is 239 g/mol. The number of nitrogens with zero attached hydrogens (tertiary/aromatic N) is 2. The highest BCUT2D eigenvalue weighted by Crippen LogP contribution is 2.28. The van der Waals surface area contributed by atoms with Gasteiger partial charge in [-0.15, -0.1) is 0 Å². The summed E-state index contributed by atoms with van der Waals surface area (Å²) in [5.74, 6) is 0.910. The molecule has 94 valence electrons. The van der Waals surface area contributed by atoms with Gasteiger partial charge in [-0.1, -0.05) is 6.58 Å². The maximum Gasteiger partial charge on any atom is 0.138 e.